The zero-order valence-corrected chi connectivity index (χ0v) is 7.99. The van der Waals surface area contributed by atoms with Crippen LogP contribution in [0.5, 0.6) is 0 Å². The van der Waals surface area contributed by atoms with Gasteiger partial charge in [0.05, 0.1) is 6.42 Å². The molecule has 5 heteroatoms. The van der Waals surface area contributed by atoms with Gasteiger partial charge in [-0.3, -0.25) is 4.79 Å². The van der Waals surface area contributed by atoms with Crippen LogP contribution in [0.2, 0.25) is 0 Å². The second kappa shape index (κ2) is 8.71. The maximum absolute atomic E-state index is 9.00. The third-order valence-electron chi connectivity index (χ3n) is 0.991. The first-order valence-corrected chi connectivity index (χ1v) is 3.40. The Bertz CT molecular complexity index is 261. The molecule has 1 aliphatic rings. The van der Waals surface area contributed by atoms with E-state index in [-0.39, 0.29) is 12.4 Å². The summed E-state index contributed by atoms with van der Waals surface area (Å²) < 4.78 is 0. The van der Waals surface area contributed by atoms with Gasteiger partial charge in [-0.05, 0) is 0 Å². The summed E-state index contributed by atoms with van der Waals surface area (Å²) in [5.41, 5.74) is 8.91. The summed E-state index contributed by atoms with van der Waals surface area (Å²) in [6.07, 6.45) is 8.23. The van der Waals surface area contributed by atoms with Gasteiger partial charge in [-0.15, -0.1) is 12.4 Å². The van der Waals surface area contributed by atoms with Crippen molar-refractivity contribution in [1.82, 2.24) is 0 Å². The van der Waals surface area contributed by atoms with Crippen molar-refractivity contribution in [2.45, 2.75) is 13.3 Å². The van der Waals surface area contributed by atoms with E-state index in [1.165, 1.54) is 0 Å². The molecule has 0 bridgehead atoms. The van der Waals surface area contributed by atoms with Gasteiger partial charge in [0.1, 0.15) is 0 Å². The number of aliphatic carboxylic acids is 1. The van der Waals surface area contributed by atoms with Crippen LogP contribution in [0.4, 0.5) is 0 Å². The first kappa shape index (κ1) is 14.2. The largest absolute Gasteiger partial charge is 0.481 e. The van der Waals surface area contributed by atoms with E-state index in [0.29, 0.717) is 5.71 Å². The van der Waals surface area contributed by atoms with E-state index in [4.69, 9.17) is 15.4 Å². The minimum atomic E-state index is -0.833. The molecule has 0 saturated heterocycles. The van der Waals surface area contributed by atoms with Gasteiger partial charge in [0.15, 0.2) is 0 Å². The molecule has 4 nitrogen and oxygen atoms in total. The summed E-state index contributed by atoms with van der Waals surface area (Å²) in [5.74, 6) is -0.833. The van der Waals surface area contributed by atoms with Crippen molar-refractivity contribution in [3.8, 4) is 0 Å². The van der Waals surface area contributed by atoms with Gasteiger partial charge in [0.2, 0.25) is 0 Å². The highest BCUT2D eigenvalue weighted by molar-refractivity contribution is 5.92. The monoisotopic (exact) mass is 202 g/mol. The Hall–Kier alpha value is -1.38. The summed E-state index contributed by atoms with van der Waals surface area (Å²) in [6, 6.07) is 0. The molecule has 72 valence electrons. The predicted octanol–water partition coefficient (Wildman–Crippen LogP) is 1.69. The van der Waals surface area contributed by atoms with Gasteiger partial charge in [-0.1, -0.05) is 18.2 Å². The normalized spacial score (nSPS) is 11.9. The van der Waals surface area contributed by atoms with Gasteiger partial charge < -0.3 is 10.6 Å². The van der Waals surface area contributed by atoms with Crippen molar-refractivity contribution >= 4 is 24.1 Å². The molecule has 0 heterocycles. The molecule has 0 atom stereocenters. The molecule has 0 amide bonds. The van der Waals surface area contributed by atoms with Crippen molar-refractivity contribution < 1.29 is 14.7 Å². The Labute approximate surface area is 82.6 Å². The second-order valence-electron chi connectivity index (χ2n) is 2.10. The standard InChI is InChI=1S/C6H6N2.C2H4O2.ClH/c7-8-6-4-2-1-3-5-6;1-2(3)4;/h1-4H,5H2;1H3,(H,3,4);1H. The van der Waals surface area contributed by atoms with Crippen LogP contribution >= 0.6 is 12.4 Å². The quantitative estimate of drug-likeness (QED) is 0.480. The minimum absolute atomic E-state index is 0. The lowest BCUT2D eigenvalue weighted by Gasteiger charge is -1.85. The van der Waals surface area contributed by atoms with Gasteiger partial charge in [-0.2, -0.15) is 4.79 Å². The summed E-state index contributed by atoms with van der Waals surface area (Å²) in [7, 11) is 0. The molecule has 0 fully saturated rings. The number of nitrogens with zero attached hydrogens (tertiary/aromatic N) is 2. The number of allylic oxidation sites excluding steroid dienone is 4. The van der Waals surface area contributed by atoms with Gasteiger partial charge in [0, 0.05) is 13.0 Å². The maximum atomic E-state index is 9.00. The van der Waals surface area contributed by atoms with Crippen LogP contribution in [-0.4, -0.2) is 21.6 Å². The van der Waals surface area contributed by atoms with E-state index in [0.717, 1.165) is 13.3 Å². The second-order valence-corrected chi connectivity index (χ2v) is 2.10. The number of hydrogen-bond donors (Lipinski definition) is 1. The Morgan fingerprint density at radius 2 is 2.15 bits per heavy atom. The molecule has 0 aromatic carbocycles. The van der Waals surface area contributed by atoms with Crippen LogP contribution < -0.4 is 0 Å². The highest BCUT2D eigenvalue weighted by Gasteiger charge is 1.99. The van der Waals surface area contributed by atoms with Crippen LogP contribution in [0, 0.1) is 0 Å². The van der Waals surface area contributed by atoms with Gasteiger partial charge >= 0.3 is 0 Å². The van der Waals surface area contributed by atoms with Gasteiger partial charge in [0.25, 0.3) is 11.7 Å². The zero-order valence-electron chi connectivity index (χ0n) is 7.17. The fourth-order valence-corrected chi connectivity index (χ4v) is 0.576. The first-order chi connectivity index (χ1) is 5.66. The van der Waals surface area contributed by atoms with E-state index in [2.05, 4.69) is 4.79 Å². The van der Waals surface area contributed by atoms with Gasteiger partial charge in [-0.25, -0.2) is 0 Å². The molecule has 0 aromatic rings. The number of carboxylic acids is 1. The van der Waals surface area contributed by atoms with Crippen molar-refractivity contribution in [3.05, 3.63) is 29.8 Å². The molecular formula is C8H11ClN2O2. The molecule has 0 spiro atoms. The molecule has 0 aliphatic heterocycles. The summed E-state index contributed by atoms with van der Waals surface area (Å²) in [4.78, 5) is 12.0. The molecule has 0 unspecified atom stereocenters. The molecule has 1 N–H and O–H groups in total. The molecular weight excluding hydrogens is 192 g/mol. The van der Waals surface area contributed by atoms with E-state index in [1.807, 2.05) is 18.2 Å². The highest BCUT2D eigenvalue weighted by Crippen LogP contribution is 1.94. The van der Waals surface area contributed by atoms with Crippen molar-refractivity contribution in [2.75, 3.05) is 0 Å². The van der Waals surface area contributed by atoms with Crippen LogP contribution in [0.3, 0.4) is 0 Å². The molecule has 1 rings (SSSR count). The fraction of sp³-hybridized carbons (Fsp3) is 0.250. The number of carbonyl (C=O) groups is 1. The summed E-state index contributed by atoms with van der Waals surface area (Å²) in [6.45, 7) is 1.08. The average Bonchev–Trinajstić information content (AvgIpc) is 2.05. The number of carboxylic acid groups (broad SMARTS) is 1. The summed E-state index contributed by atoms with van der Waals surface area (Å²) in [5, 5.41) is 7.42. The fourth-order valence-electron chi connectivity index (χ4n) is 0.576. The maximum Gasteiger partial charge on any atom is 0.300 e. The highest BCUT2D eigenvalue weighted by atomic mass is 35.5. The lowest BCUT2D eigenvalue weighted by molar-refractivity contribution is -0.134. The van der Waals surface area contributed by atoms with Crippen LogP contribution in [0.1, 0.15) is 13.3 Å². The van der Waals surface area contributed by atoms with E-state index < -0.39 is 5.97 Å². The molecule has 1 aliphatic carbocycles. The number of halogens is 1. The Morgan fingerprint density at radius 3 is 2.38 bits per heavy atom. The van der Waals surface area contributed by atoms with E-state index in [1.54, 1.807) is 6.08 Å². The summed E-state index contributed by atoms with van der Waals surface area (Å²) >= 11 is 0. The van der Waals surface area contributed by atoms with Crippen molar-refractivity contribution in [1.29, 1.82) is 0 Å². The van der Waals surface area contributed by atoms with E-state index in [9.17, 15) is 0 Å². The Kier molecular flexibility index (Phi) is 9.49. The number of rotatable bonds is 0. The van der Waals surface area contributed by atoms with Crippen molar-refractivity contribution in [3.63, 3.8) is 0 Å². The minimum Gasteiger partial charge on any atom is -0.481 e. The van der Waals surface area contributed by atoms with Crippen LogP contribution in [0.25, 0.3) is 5.53 Å². The third-order valence-corrected chi connectivity index (χ3v) is 0.991. The third kappa shape index (κ3) is 10.6. The SMILES string of the molecule is CC(=O)O.Cl.[N-]=[N+]=C1C=CC=CC1. The molecule has 0 aromatic heterocycles. The number of hydrogen-bond acceptors (Lipinski definition) is 1. The first-order valence-electron chi connectivity index (χ1n) is 3.40. The van der Waals surface area contributed by atoms with Crippen LogP contribution in [0.15, 0.2) is 24.3 Å². The van der Waals surface area contributed by atoms with Crippen LogP contribution in [-0.2, 0) is 4.79 Å². The van der Waals surface area contributed by atoms with E-state index >= 15 is 0 Å². The molecule has 13 heavy (non-hydrogen) atoms. The smallest absolute Gasteiger partial charge is 0.300 e. The topological polar surface area (TPSA) is 73.7 Å². The Morgan fingerprint density at radius 1 is 1.62 bits per heavy atom. The lowest BCUT2D eigenvalue weighted by atomic mass is 10.2. The Balaban J connectivity index is 0. The lowest BCUT2D eigenvalue weighted by Crippen LogP contribution is -1.93. The zero-order chi connectivity index (χ0) is 9.40. The molecule has 0 radical (unpaired) electrons. The molecule has 0 saturated carbocycles. The predicted molar refractivity (Wildman–Crippen MR) is 52.1 cm³/mol. The van der Waals surface area contributed by atoms with Crippen molar-refractivity contribution in [2.24, 2.45) is 0 Å². The average molecular weight is 203 g/mol.